The van der Waals surface area contributed by atoms with Gasteiger partial charge in [0.1, 0.15) is 0 Å². The van der Waals surface area contributed by atoms with Crippen LogP contribution in [0.3, 0.4) is 0 Å². The normalized spacial score (nSPS) is 12.9. The molecule has 0 aliphatic heterocycles. The highest BCUT2D eigenvalue weighted by Crippen LogP contribution is 2.14. The number of aliphatic hydroxyl groups excluding tert-OH is 1. The van der Waals surface area contributed by atoms with E-state index in [4.69, 9.17) is 10.8 Å². The van der Waals surface area contributed by atoms with Gasteiger partial charge in [0, 0.05) is 12.4 Å². The van der Waals surface area contributed by atoms with Crippen molar-refractivity contribution in [2.45, 2.75) is 19.4 Å². The van der Waals surface area contributed by atoms with Crippen molar-refractivity contribution in [3.05, 3.63) is 29.6 Å². The first-order chi connectivity index (χ1) is 5.79. The molecule has 0 aliphatic carbocycles. The quantitative estimate of drug-likeness (QED) is 0.692. The third-order valence-corrected chi connectivity index (χ3v) is 1.92. The summed E-state index contributed by atoms with van der Waals surface area (Å²) in [7, 11) is 0. The second-order valence-corrected chi connectivity index (χ2v) is 2.72. The Morgan fingerprint density at radius 1 is 1.67 bits per heavy atom. The summed E-state index contributed by atoms with van der Waals surface area (Å²) in [5, 5.41) is 8.86. The maximum Gasteiger partial charge on any atom is 0.0625 e. The molecule has 66 valence electrons. The molecule has 0 aliphatic rings. The maximum atomic E-state index is 8.86. The lowest BCUT2D eigenvalue weighted by molar-refractivity contribution is 0.267. The van der Waals surface area contributed by atoms with E-state index in [2.05, 4.69) is 11.9 Å². The highest BCUT2D eigenvalue weighted by atomic mass is 16.3. The van der Waals surface area contributed by atoms with Gasteiger partial charge in [0.25, 0.3) is 0 Å². The van der Waals surface area contributed by atoms with Gasteiger partial charge in [-0.1, -0.05) is 6.92 Å². The maximum absolute atomic E-state index is 8.86. The van der Waals surface area contributed by atoms with Crippen molar-refractivity contribution >= 4 is 0 Å². The van der Waals surface area contributed by atoms with Crippen LogP contribution in [0.2, 0.25) is 0 Å². The SMILES string of the molecule is CCc1ccncc1C(N)CO. The van der Waals surface area contributed by atoms with E-state index in [9.17, 15) is 0 Å². The molecule has 1 unspecified atom stereocenters. The van der Waals surface area contributed by atoms with Crippen LogP contribution in [0.1, 0.15) is 24.1 Å². The van der Waals surface area contributed by atoms with Gasteiger partial charge in [-0.05, 0) is 23.6 Å². The Bertz CT molecular complexity index is 250. The van der Waals surface area contributed by atoms with Gasteiger partial charge < -0.3 is 10.8 Å². The van der Waals surface area contributed by atoms with E-state index in [0.29, 0.717) is 0 Å². The van der Waals surface area contributed by atoms with Crippen molar-refractivity contribution < 1.29 is 5.11 Å². The van der Waals surface area contributed by atoms with Crippen LogP contribution in [0, 0.1) is 0 Å². The predicted molar refractivity (Wildman–Crippen MR) is 47.6 cm³/mol. The number of aliphatic hydroxyl groups is 1. The summed E-state index contributed by atoms with van der Waals surface area (Å²) in [6.07, 6.45) is 4.39. The van der Waals surface area contributed by atoms with Gasteiger partial charge in [-0.3, -0.25) is 4.98 Å². The van der Waals surface area contributed by atoms with Crippen LogP contribution in [-0.4, -0.2) is 16.7 Å². The zero-order valence-corrected chi connectivity index (χ0v) is 7.20. The lowest BCUT2D eigenvalue weighted by Gasteiger charge is -2.11. The molecule has 0 saturated carbocycles. The van der Waals surface area contributed by atoms with Gasteiger partial charge in [-0.15, -0.1) is 0 Å². The van der Waals surface area contributed by atoms with Gasteiger partial charge >= 0.3 is 0 Å². The summed E-state index contributed by atoms with van der Waals surface area (Å²) in [5.74, 6) is 0. The Morgan fingerprint density at radius 3 is 3.00 bits per heavy atom. The molecule has 3 heteroatoms. The minimum absolute atomic E-state index is 0.0291. The van der Waals surface area contributed by atoms with Gasteiger partial charge in [0.05, 0.1) is 12.6 Å². The van der Waals surface area contributed by atoms with E-state index in [1.807, 2.05) is 6.07 Å². The van der Waals surface area contributed by atoms with Crippen LogP contribution in [0.25, 0.3) is 0 Å². The number of aryl methyl sites for hydroxylation is 1. The third kappa shape index (κ3) is 1.81. The van der Waals surface area contributed by atoms with Crippen molar-refractivity contribution in [2.75, 3.05) is 6.61 Å². The fraction of sp³-hybridized carbons (Fsp3) is 0.444. The Kier molecular flexibility index (Phi) is 3.19. The number of hydrogen-bond acceptors (Lipinski definition) is 3. The average molecular weight is 166 g/mol. The molecule has 0 radical (unpaired) electrons. The highest BCUT2D eigenvalue weighted by molar-refractivity contribution is 5.26. The Labute approximate surface area is 72.2 Å². The van der Waals surface area contributed by atoms with Crippen LogP contribution < -0.4 is 5.73 Å². The smallest absolute Gasteiger partial charge is 0.0625 e. The molecule has 1 heterocycles. The number of hydrogen-bond donors (Lipinski definition) is 2. The Hall–Kier alpha value is -0.930. The molecule has 0 saturated heterocycles. The fourth-order valence-corrected chi connectivity index (χ4v) is 1.19. The molecule has 3 N–H and O–H groups in total. The minimum Gasteiger partial charge on any atom is -0.394 e. The number of nitrogens with two attached hydrogens (primary N) is 1. The molecule has 1 atom stereocenters. The van der Waals surface area contributed by atoms with Gasteiger partial charge in [-0.2, -0.15) is 0 Å². The minimum atomic E-state index is -0.298. The summed E-state index contributed by atoms with van der Waals surface area (Å²) in [5.41, 5.74) is 7.79. The van der Waals surface area contributed by atoms with Gasteiger partial charge in [-0.25, -0.2) is 0 Å². The van der Waals surface area contributed by atoms with E-state index in [1.165, 1.54) is 0 Å². The molecule has 1 rings (SSSR count). The van der Waals surface area contributed by atoms with Crippen molar-refractivity contribution in [1.82, 2.24) is 4.98 Å². The van der Waals surface area contributed by atoms with E-state index < -0.39 is 0 Å². The number of pyridine rings is 1. The highest BCUT2D eigenvalue weighted by Gasteiger charge is 2.07. The van der Waals surface area contributed by atoms with E-state index >= 15 is 0 Å². The first-order valence-electron chi connectivity index (χ1n) is 4.08. The van der Waals surface area contributed by atoms with Crippen molar-refractivity contribution in [2.24, 2.45) is 5.73 Å². The van der Waals surface area contributed by atoms with Gasteiger partial charge in [0.15, 0.2) is 0 Å². The summed E-state index contributed by atoms with van der Waals surface area (Å²) >= 11 is 0. The van der Waals surface area contributed by atoms with Crippen LogP contribution in [0.5, 0.6) is 0 Å². The van der Waals surface area contributed by atoms with E-state index in [-0.39, 0.29) is 12.6 Å². The third-order valence-electron chi connectivity index (χ3n) is 1.92. The predicted octanol–water partition coefficient (Wildman–Crippen LogP) is 0.636. The largest absolute Gasteiger partial charge is 0.394 e. The van der Waals surface area contributed by atoms with E-state index in [0.717, 1.165) is 17.5 Å². The van der Waals surface area contributed by atoms with Crippen molar-refractivity contribution in [3.8, 4) is 0 Å². The topological polar surface area (TPSA) is 59.1 Å². The molecular formula is C9H14N2O. The molecule has 3 nitrogen and oxygen atoms in total. The average Bonchev–Trinajstić information content (AvgIpc) is 2.16. The van der Waals surface area contributed by atoms with Crippen molar-refractivity contribution in [1.29, 1.82) is 0 Å². The number of aromatic nitrogens is 1. The molecular weight excluding hydrogens is 152 g/mol. The molecule has 0 bridgehead atoms. The molecule has 0 aromatic carbocycles. The van der Waals surface area contributed by atoms with Crippen LogP contribution in [-0.2, 0) is 6.42 Å². The molecule has 0 amide bonds. The second-order valence-electron chi connectivity index (χ2n) is 2.72. The molecule has 12 heavy (non-hydrogen) atoms. The summed E-state index contributed by atoms with van der Waals surface area (Å²) < 4.78 is 0. The standard InChI is InChI=1S/C9H14N2O/c1-2-7-3-4-11-5-8(7)9(10)6-12/h3-5,9,12H,2,6,10H2,1H3. The van der Waals surface area contributed by atoms with Crippen LogP contribution in [0.15, 0.2) is 18.5 Å². The molecule has 0 spiro atoms. The lowest BCUT2D eigenvalue weighted by Crippen LogP contribution is -2.16. The van der Waals surface area contributed by atoms with Crippen LogP contribution in [0.4, 0.5) is 0 Å². The monoisotopic (exact) mass is 166 g/mol. The number of nitrogens with zero attached hydrogens (tertiary/aromatic N) is 1. The fourth-order valence-electron chi connectivity index (χ4n) is 1.19. The first kappa shape index (κ1) is 9.16. The molecule has 1 aromatic rings. The van der Waals surface area contributed by atoms with Crippen molar-refractivity contribution in [3.63, 3.8) is 0 Å². The summed E-state index contributed by atoms with van der Waals surface area (Å²) in [6.45, 7) is 2.03. The summed E-state index contributed by atoms with van der Waals surface area (Å²) in [6, 6.07) is 1.64. The first-order valence-corrected chi connectivity index (χ1v) is 4.08. The number of rotatable bonds is 3. The Morgan fingerprint density at radius 2 is 2.42 bits per heavy atom. The zero-order chi connectivity index (χ0) is 8.97. The van der Waals surface area contributed by atoms with Gasteiger partial charge in [0.2, 0.25) is 0 Å². The molecule has 1 aromatic heterocycles. The molecule has 0 fully saturated rings. The summed E-state index contributed by atoms with van der Waals surface area (Å²) in [4.78, 5) is 3.97. The van der Waals surface area contributed by atoms with E-state index in [1.54, 1.807) is 12.4 Å². The van der Waals surface area contributed by atoms with Crippen LogP contribution >= 0.6 is 0 Å². The second kappa shape index (κ2) is 4.18. The zero-order valence-electron chi connectivity index (χ0n) is 7.20. The lowest BCUT2D eigenvalue weighted by atomic mass is 10.0. The Balaban J connectivity index is 2.96.